The van der Waals surface area contributed by atoms with Crippen molar-refractivity contribution < 1.29 is 14.3 Å². The van der Waals surface area contributed by atoms with Crippen molar-refractivity contribution in [3.63, 3.8) is 0 Å². The van der Waals surface area contributed by atoms with Crippen molar-refractivity contribution in [1.82, 2.24) is 9.97 Å². The Morgan fingerprint density at radius 2 is 1.81 bits per heavy atom. The van der Waals surface area contributed by atoms with E-state index in [-0.39, 0.29) is 11.5 Å². The molecule has 0 bridgehead atoms. The predicted octanol–water partition coefficient (Wildman–Crippen LogP) is 1.15. The number of nitrogens with zero attached hydrogens (tertiary/aromatic N) is 2. The molecule has 110 valence electrons. The lowest BCUT2D eigenvalue weighted by Gasteiger charge is -2.11. The van der Waals surface area contributed by atoms with Gasteiger partial charge >= 0.3 is 0 Å². The van der Waals surface area contributed by atoms with Crippen LogP contribution >= 0.6 is 0 Å². The minimum absolute atomic E-state index is 0.0178. The third-order valence-corrected chi connectivity index (χ3v) is 2.99. The van der Waals surface area contributed by atoms with E-state index in [0.717, 1.165) is 5.56 Å². The van der Waals surface area contributed by atoms with Gasteiger partial charge in [0.15, 0.2) is 23.0 Å². The maximum Gasteiger partial charge on any atom is 0.271 e. The number of rotatable bonds is 4. The Hall–Kier alpha value is -2.83. The second-order valence-electron chi connectivity index (χ2n) is 4.33. The van der Waals surface area contributed by atoms with Gasteiger partial charge in [-0.2, -0.15) is 0 Å². The maximum atomic E-state index is 11.3. The van der Waals surface area contributed by atoms with Gasteiger partial charge in [-0.05, 0) is 25.1 Å². The van der Waals surface area contributed by atoms with E-state index in [4.69, 9.17) is 20.9 Å². The normalized spacial score (nSPS) is 10.2. The highest BCUT2D eigenvalue weighted by molar-refractivity contribution is 5.95. The fraction of sp³-hybridized carbons (Fsp3) is 0.214. The molecular formula is C14H16N4O3. The third kappa shape index (κ3) is 2.71. The molecule has 0 aliphatic rings. The molecule has 2 rings (SSSR count). The number of carbonyl (C=O) groups is 1. The van der Waals surface area contributed by atoms with Crippen LogP contribution in [0.15, 0.2) is 18.2 Å². The zero-order chi connectivity index (χ0) is 15.6. The van der Waals surface area contributed by atoms with E-state index in [9.17, 15) is 4.79 Å². The number of amides is 1. The predicted molar refractivity (Wildman–Crippen MR) is 78.2 cm³/mol. The Balaban J connectivity index is 2.61. The molecule has 0 aliphatic heterocycles. The number of nitrogens with two attached hydrogens (primary N) is 2. The molecule has 0 spiro atoms. The Bertz CT molecular complexity index is 701. The van der Waals surface area contributed by atoms with E-state index in [0.29, 0.717) is 22.9 Å². The van der Waals surface area contributed by atoms with Crippen LogP contribution in [0.1, 0.15) is 16.2 Å². The summed E-state index contributed by atoms with van der Waals surface area (Å²) in [5, 5.41) is 0. The van der Waals surface area contributed by atoms with Crippen LogP contribution in [-0.4, -0.2) is 30.1 Å². The number of carbonyl (C=O) groups excluding carboxylic acids is 1. The monoisotopic (exact) mass is 288 g/mol. The molecule has 0 fully saturated rings. The van der Waals surface area contributed by atoms with Crippen molar-refractivity contribution in [2.75, 3.05) is 20.0 Å². The van der Waals surface area contributed by atoms with Gasteiger partial charge in [0.1, 0.15) is 0 Å². The molecule has 7 nitrogen and oxygen atoms in total. The van der Waals surface area contributed by atoms with E-state index < -0.39 is 5.91 Å². The summed E-state index contributed by atoms with van der Waals surface area (Å²) in [6.07, 6.45) is 0. The molecule has 0 saturated heterocycles. The lowest BCUT2D eigenvalue weighted by atomic mass is 10.1. The Kier molecular flexibility index (Phi) is 3.93. The first-order chi connectivity index (χ1) is 9.97. The zero-order valence-corrected chi connectivity index (χ0v) is 12.0. The summed E-state index contributed by atoms with van der Waals surface area (Å²) in [7, 11) is 3.09. The summed E-state index contributed by atoms with van der Waals surface area (Å²) in [6.45, 7) is 1.75. The van der Waals surface area contributed by atoms with Crippen LogP contribution in [0.4, 0.5) is 5.82 Å². The van der Waals surface area contributed by atoms with Gasteiger partial charge in [-0.25, -0.2) is 9.97 Å². The maximum absolute atomic E-state index is 11.3. The number of benzene rings is 1. The molecule has 1 amide bonds. The molecule has 7 heteroatoms. The first-order valence-electron chi connectivity index (χ1n) is 6.14. The molecule has 0 saturated carbocycles. The lowest BCUT2D eigenvalue weighted by Crippen LogP contribution is -2.17. The van der Waals surface area contributed by atoms with Crippen molar-refractivity contribution >= 4 is 11.7 Å². The Morgan fingerprint density at radius 1 is 1.14 bits per heavy atom. The van der Waals surface area contributed by atoms with Crippen molar-refractivity contribution in [1.29, 1.82) is 0 Å². The van der Waals surface area contributed by atoms with Crippen LogP contribution in [0.2, 0.25) is 0 Å². The van der Waals surface area contributed by atoms with Crippen LogP contribution in [0.3, 0.4) is 0 Å². The minimum Gasteiger partial charge on any atom is -0.493 e. The van der Waals surface area contributed by atoms with Gasteiger partial charge in [0.2, 0.25) is 0 Å². The van der Waals surface area contributed by atoms with Gasteiger partial charge in [0.05, 0.1) is 25.6 Å². The van der Waals surface area contributed by atoms with E-state index in [1.54, 1.807) is 32.2 Å². The van der Waals surface area contributed by atoms with E-state index in [1.807, 2.05) is 0 Å². The standard InChI is InChI=1S/C14H16N4O3/c1-7-11(18-12(14(16)19)13(15)17-7)8-4-5-9(20-2)10(6-8)21-3/h4-6H,1-3H3,(H2,15,17)(H2,16,19). The average molecular weight is 288 g/mol. The fourth-order valence-corrected chi connectivity index (χ4v) is 1.97. The van der Waals surface area contributed by atoms with Gasteiger partial charge in [-0.15, -0.1) is 0 Å². The second kappa shape index (κ2) is 5.66. The smallest absolute Gasteiger partial charge is 0.271 e. The molecular weight excluding hydrogens is 272 g/mol. The van der Waals surface area contributed by atoms with Crippen LogP contribution in [-0.2, 0) is 0 Å². The van der Waals surface area contributed by atoms with Crippen molar-refractivity contribution in [2.45, 2.75) is 6.92 Å². The number of nitrogen functional groups attached to an aromatic ring is 1. The number of primary amides is 1. The van der Waals surface area contributed by atoms with Crippen LogP contribution < -0.4 is 20.9 Å². The number of aromatic nitrogens is 2. The van der Waals surface area contributed by atoms with Crippen LogP contribution in [0.5, 0.6) is 11.5 Å². The summed E-state index contributed by atoms with van der Waals surface area (Å²) in [5.74, 6) is 0.442. The number of ether oxygens (including phenoxy) is 2. The van der Waals surface area contributed by atoms with Crippen molar-refractivity contribution in [2.24, 2.45) is 5.73 Å². The molecule has 0 aliphatic carbocycles. The van der Waals surface area contributed by atoms with Gasteiger partial charge < -0.3 is 20.9 Å². The van der Waals surface area contributed by atoms with E-state index >= 15 is 0 Å². The number of aryl methyl sites for hydroxylation is 1. The summed E-state index contributed by atoms with van der Waals surface area (Å²) in [4.78, 5) is 19.7. The van der Waals surface area contributed by atoms with Crippen LogP contribution in [0.25, 0.3) is 11.3 Å². The zero-order valence-electron chi connectivity index (χ0n) is 12.0. The van der Waals surface area contributed by atoms with Crippen molar-refractivity contribution in [3.05, 3.63) is 29.6 Å². The second-order valence-corrected chi connectivity index (χ2v) is 4.33. The summed E-state index contributed by atoms with van der Waals surface area (Å²) >= 11 is 0. The minimum atomic E-state index is -0.721. The topological polar surface area (TPSA) is 113 Å². The number of anilines is 1. The molecule has 0 radical (unpaired) electrons. The van der Waals surface area contributed by atoms with Gasteiger partial charge in [0, 0.05) is 5.56 Å². The lowest BCUT2D eigenvalue weighted by molar-refractivity contribution is 0.0996. The van der Waals surface area contributed by atoms with E-state index in [2.05, 4.69) is 9.97 Å². The molecule has 21 heavy (non-hydrogen) atoms. The fourth-order valence-electron chi connectivity index (χ4n) is 1.97. The number of methoxy groups -OCH3 is 2. The summed E-state index contributed by atoms with van der Waals surface area (Å²) in [6, 6.07) is 5.28. The highest BCUT2D eigenvalue weighted by atomic mass is 16.5. The SMILES string of the molecule is COc1ccc(-c2nc(C(N)=O)c(N)nc2C)cc1OC. The first kappa shape index (κ1) is 14.6. The average Bonchev–Trinajstić information content (AvgIpc) is 2.46. The molecule has 0 unspecified atom stereocenters. The summed E-state index contributed by atoms with van der Waals surface area (Å²) in [5.41, 5.74) is 12.7. The third-order valence-electron chi connectivity index (χ3n) is 2.99. The summed E-state index contributed by atoms with van der Waals surface area (Å²) < 4.78 is 10.4. The van der Waals surface area contributed by atoms with Gasteiger partial charge in [-0.1, -0.05) is 0 Å². The molecule has 1 heterocycles. The van der Waals surface area contributed by atoms with Gasteiger partial charge in [-0.3, -0.25) is 4.79 Å². The molecule has 4 N–H and O–H groups in total. The molecule has 1 aromatic carbocycles. The first-order valence-corrected chi connectivity index (χ1v) is 6.14. The molecule has 2 aromatic rings. The number of hydrogen-bond donors (Lipinski definition) is 2. The van der Waals surface area contributed by atoms with Gasteiger partial charge in [0.25, 0.3) is 5.91 Å². The van der Waals surface area contributed by atoms with Crippen molar-refractivity contribution in [3.8, 4) is 22.8 Å². The highest BCUT2D eigenvalue weighted by Gasteiger charge is 2.16. The Labute approximate surface area is 121 Å². The highest BCUT2D eigenvalue weighted by Crippen LogP contribution is 2.32. The molecule has 1 aromatic heterocycles. The largest absolute Gasteiger partial charge is 0.493 e. The van der Waals surface area contributed by atoms with Crippen LogP contribution in [0, 0.1) is 6.92 Å². The van der Waals surface area contributed by atoms with E-state index in [1.165, 1.54) is 7.11 Å². The quantitative estimate of drug-likeness (QED) is 0.872. The number of hydrogen-bond acceptors (Lipinski definition) is 6. The molecule has 0 atom stereocenters. The Morgan fingerprint density at radius 3 is 2.38 bits per heavy atom.